The number of nitrogens with zero attached hydrogens (tertiary/aromatic N) is 1. The Morgan fingerprint density at radius 1 is 1.00 bits per heavy atom. The van der Waals surface area contributed by atoms with Crippen LogP contribution >= 0.6 is 0 Å². The number of rotatable bonds is 12. The number of carbonyl (C=O) groups is 1. The molecular weight excluding hydrogens is 653 g/mol. The van der Waals surface area contributed by atoms with Crippen molar-refractivity contribution in [1.82, 2.24) is 10.2 Å². The molecule has 3 saturated carbocycles. The monoisotopic (exact) mass is 723 g/mol. The third-order valence-electron chi connectivity index (χ3n) is 14.8. The number of nitrogens with one attached hydrogen (secondary N) is 1. The summed E-state index contributed by atoms with van der Waals surface area (Å²) in [5, 5.41) is 13.4. The summed E-state index contributed by atoms with van der Waals surface area (Å²) in [6.45, 7) is 23.6. The second-order valence-electron chi connectivity index (χ2n) is 18.3. The number of allylic oxidation sites excluding steroid dienone is 3. The van der Waals surface area contributed by atoms with Gasteiger partial charge in [-0.05, 0) is 153 Å². The maximum Gasteiger partial charge on any atom is 0.335 e. The summed E-state index contributed by atoms with van der Waals surface area (Å²) in [6, 6.07) is 7.49. The van der Waals surface area contributed by atoms with Crippen molar-refractivity contribution in [1.29, 1.82) is 0 Å². The van der Waals surface area contributed by atoms with E-state index in [0.717, 1.165) is 38.0 Å². The molecule has 1 aliphatic heterocycles. The molecule has 286 valence electrons. The number of benzene rings is 1. The second kappa shape index (κ2) is 16.6. The molecule has 0 aromatic heterocycles. The second-order valence-corrected chi connectivity index (χ2v) is 20.6. The largest absolute Gasteiger partial charge is 0.478 e. The van der Waals surface area contributed by atoms with E-state index in [4.69, 9.17) is 0 Å². The van der Waals surface area contributed by atoms with Crippen LogP contribution in [0.2, 0.25) is 0 Å². The number of aromatic carboxylic acids is 1. The van der Waals surface area contributed by atoms with Crippen LogP contribution < -0.4 is 5.32 Å². The van der Waals surface area contributed by atoms with E-state index in [0.29, 0.717) is 70.6 Å². The van der Waals surface area contributed by atoms with E-state index in [1.165, 1.54) is 75.4 Å². The molecule has 0 spiro atoms. The first-order valence-corrected chi connectivity index (χ1v) is 22.2. The quantitative estimate of drug-likeness (QED) is 0.165. The van der Waals surface area contributed by atoms with Gasteiger partial charge in [0.1, 0.15) is 0 Å². The Kier molecular flexibility index (Phi) is 13.1. The van der Waals surface area contributed by atoms with E-state index in [2.05, 4.69) is 64.4 Å². The van der Waals surface area contributed by atoms with E-state index >= 15 is 0 Å². The highest BCUT2D eigenvalue weighted by atomic mass is 32.2. The molecule has 4 aliphatic rings. The minimum Gasteiger partial charge on any atom is -0.478 e. The summed E-state index contributed by atoms with van der Waals surface area (Å²) in [7, 11) is -2.83. The lowest BCUT2D eigenvalue weighted by molar-refractivity contribution is -0.0619. The van der Waals surface area contributed by atoms with Gasteiger partial charge in [-0.15, -0.1) is 0 Å². The lowest BCUT2D eigenvalue weighted by Crippen LogP contribution is -2.48. The van der Waals surface area contributed by atoms with Crippen LogP contribution in [0.1, 0.15) is 135 Å². The van der Waals surface area contributed by atoms with Gasteiger partial charge in [-0.2, -0.15) is 0 Å². The summed E-state index contributed by atoms with van der Waals surface area (Å²) in [4.78, 5) is 13.8. The molecule has 7 unspecified atom stereocenters. The van der Waals surface area contributed by atoms with Gasteiger partial charge in [0.2, 0.25) is 0 Å². The smallest absolute Gasteiger partial charge is 0.335 e. The standard InChI is InChI=1S/C44H70N2O4S/c1-32(2)37(35-13-15-36(16-14-35)41(47)48)18-22-42(6)20-9-21-43(7)34(5)17-23-44(24-19-38(33(3)4)39(44)11-8-12-40(42)43)31-45-25-10-26-46-27-29-51(49,50)30-28-46/h13-16,18,32,34,38-40,45H,3,8-12,17,19-31H2,1-2,4-7H3,(H,47,48). The van der Waals surface area contributed by atoms with Crippen LogP contribution in [0.5, 0.6) is 0 Å². The molecule has 0 radical (unpaired) electrons. The van der Waals surface area contributed by atoms with Crippen molar-refractivity contribution in [3.8, 4) is 0 Å². The Balaban J connectivity index is 1.30. The summed E-state index contributed by atoms with van der Waals surface area (Å²) >= 11 is 0. The van der Waals surface area contributed by atoms with Gasteiger partial charge in [0, 0.05) is 19.6 Å². The molecular formula is C44H70N2O4S. The van der Waals surface area contributed by atoms with Crippen LogP contribution in [-0.4, -0.2) is 68.6 Å². The van der Waals surface area contributed by atoms with E-state index in [1.54, 1.807) is 12.1 Å². The Morgan fingerprint density at radius 2 is 1.67 bits per heavy atom. The van der Waals surface area contributed by atoms with Crippen LogP contribution in [0.3, 0.4) is 0 Å². The first kappa shape index (κ1) is 40.2. The Bertz CT molecular complexity index is 1490. The van der Waals surface area contributed by atoms with Crippen LogP contribution in [0, 0.1) is 45.8 Å². The Hall–Kier alpha value is -1.96. The minimum absolute atomic E-state index is 0.238. The topological polar surface area (TPSA) is 86.7 Å². The molecule has 0 bridgehead atoms. The van der Waals surface area contributed by atoms with Crippen molar-refractivity contribution in [3.63, 3.8) is 0 Å². The summed E-state index contributed by atoms with van der Waals surface area (Å²) in [6.07, 6.45) is 17.6. The maximum absolute atomic E-state index is 11.9. The fraction of sp³-hybridized carbons (Fsp3) is 0.750. The predicted molar refractivity (Wildman–Crippen MR) is 213 cm³/mol. The highest BCUT2D eigenvalue weighted by Gasteiger charge is 2.53. The molecule has 5 rings (SSSR count). The Morgan fingerprint density at radius 3 is 2.31 bits per heavy atom. The van der Waals surface area contributed by atoms with E-state index in [1.807, 2.05) is 12.1 Å². The normalized spacial score (nSPS) is 34.8. The Labute approximate surface area is 311 Å². The molecule has 51 heavy (non-hydrogen) atoms. The van der Waals surface area contributed by atoms with Gasteiger partial charge < -0.3 is 15.3 Å². The molecule has 0 amide bonds. The van der Waals surface area contributed by atoms with Gasteiger partial charge >= 0.3 is 5.97 Å². The first-order valence-electron chi connectivity index (χ1n) is 20.4. The van der Waals surface area contributed by atoms with Crippen molar-refractivity contribution in [2.24, 2.45) is 45.8 Å². The molecule has 3 aliphatic carbocycles. The molecule has 7 atom stereocenters. The zero-order valence-electron chi connectivity index (χ0n) is 32.9. The van der Waals surface area contributed by atoms with E-state index in [9.17, 15) is 18.3 Å². The number of hydrogen-bond acceptors (Lipinski definition) is 5. The van der Waals surface area contributed by atoms with Crippen molar-refractivity contribution >= 4 is 21.4 Å². The number of fused-ring (bicyclic) bond motifs is 2. The van der Waals surface area contributed by atoms with Crippen molar-refractivity contribution in [3.05, 3.63) is 53.6 Å². The third-order valence-corrected chi connectivity index (χ3v) is 16.4. The predicted octanol–water partition coefficient (Wildman–Crippen LogP) is 9.53. The molecule has 1 aromatic carbocycles. The first-order chi connectivity index (χ1) is 24.1. The van der Waals surface area contributed by atoms with Gasteiger partial charge in [0.25, 0.3) is 0 Å². The molecule has 6 nitrogen and oxygen atoms in total. The van der Waals surface area contributed by atoms with Crippen molar-refractivity contribution in [2.45, 2.75) is 119 Å². The van der Waals surface area contributed by atoms with Crippen molar-refractivity contribution < 1.29 is 18.3 Å². The highest BCUT2D eigenvalue weighted by molar-refractivity contribution is 7.91. The van der Waals surface area contributed by atoms with Crippen LogP contribution in [0.15, 0.2) is 42.5 Å². The van der Waals surface area contributed by atoms with E-state index < -0.39 is 15.8 Å². The number of carboxylic acids is 1. The van der Waals surface area contributed by atoms with Gasteiger partial charge in [0.05, 0.1) is 17.1 Å². The van der Waals surface area contributed by atoms with Gasteiger partial charge in [-0.25, -0.2) is 13.2 Å². The zero-order chi connectivity index (χ0) is 37.0. The average Bonchev–Trinajstić information content (AvgIpc) is 3.44. The molecule has 2 N–H and O–H groups in total. The van der Waals surface area contributed by atoms with Gasteiger partial charge in [-0.3, -0.25) is 0 Å². The van der Waals surface area contributed by atoms with Gasteiger partial charge in [0.15, 0.2) is 9.84 Å². The number of carboxylic acid groups (broad SMARTS) is 1. The highest BCUT2D eigenvalue weighted by Crippen LogP contribution is 2.62. The molecule has 1 heterocycles. The van der Waals surface area contributed by atoms with Crippen LogP contribution in [-0.2, 0) is 9.84 Å². The van der Waals surface area contributed by atoms with E-state index in [-0.39, 0.29) is 5.41 Å². The zero-order valence-corrected chi connectivity index (χ0v) is 33.8. The summed E-state index contributed by atoms with van der Waals surface area (Å²) in [5.41, 5.74) is 5.09. The molecule has 4 fully saturated rings. The van der Waals surface area contributed by atoms with Crippen molar-refractivity contribution in [2.75, 3.05) is 44.2 Å². The average molecular weight is 723 g/mol. The maximum atomic E-state index is 11.9. The fourth-order valence-electron chi connectivity index (χ4n) is 11.5. The minimum atomic E-state index is -2.83. The van der Waals surface area contributed by atoms with Gasteiger partial charge in [-0.1, -0.05) is 77.8 Å². The SMILES string of the molecule is C=C(C)C1CCC2(CNCCCN3CCS(=O)(=O)CC3)CCC(C)C3(C)CCCC(C)(CC=C(c4ccc(C(=O)O)cc4)C(C)C)C3CCCC12. The third kappa shape index (κ3) is 9.23. The summed E-state index contributed by atoms with van der Waals surface area (Å²) in [5.74, 6) is 2.75. The van der Waals surface area contributed by atoms with Crippen LogP contribution in [0.4, 0.5) is 0 Å². The lowest BCUT2D eigenvalue weighted by atomic mass is 9.49. The molecule has 1 saturated heterocycles. The summed E-state index contributed by atoms with van der Waals surface area (Å²) < 4.78 is 23.7. The molecule has 1 aromatic rings. The fourth-order valence-corrected chi connectivity index (χ4v) is 12.7. The number of hydrogen-bond donors (Lipinski definition) is 2. The lowest BCUT2D eigenvalue weighted by Gasteiger charge is -2.56. The van der Waals surface area contributed by atoms with Crippen LogP contribution in [0.25, 0.3) is 5.57 Å². The number of sulfone groups is 1. The molecule has 7 heteroatoms.